The van der Waals surface area contributed by atoms with Crippen molar-refractivity contribution in [3.63, 3.8) is 0 Å². The normalized spacial score (nSPS) is 23.0. The molecule has 0 aliphatic carbocycles. The minimum absolute atomic E-state index is 0.891. The lowest BCUT2D eigenvalue weighted by Gasteiger charge is -2.28. The molecule has 0 spiro atoms. The summed E-state index contributed by atoms with van der Waals surface area (Å²) in [6, 6.07) is 0. The van der Waals surface area contributed by atoms with Crippen molar-refractivity contribution in [2.45, 2.75) is 32.5 Å². The Bertz CT molecular complexity index is 89.6. The standard InChI is InChI=1S/C7H17NSi/c1-9(2,3)8-6-4-5-7-8/h4-7H2,1-3H3. The van der Waals surface area contributed by atoms with Crippen molar-refractivity contribution in [2.24, 2.45) is 0 Å². The summed E-state index contributed by atoms with van der Waals surface area (Å²) in [4.78, 5) is 0. The highest BCUT2D eigenvalue weighted by Gasteiger charge is 2.25. The Labute approximate surface area is 59.1 Å². The van der Waals surface area contributed by atoms with Gasteiger partial charge in [0.1, 0.15) is 8.24 Å². The van der Waals surface area contributed by atoms with Gasteiger partial charge in [-0.15, -0.1) is 0 Å². The summed E-state index contributed by atoms with van der Waals surface area (Å²) in [5, 5.41) is 0. The molecule has 1 saturated heterocycles. The summed E-state index contributed by atoms with van der Waals surface area (Å²) in [6.07, 6.45) is 2.87. The van der Waals surface area contributed by atoms with E-state index in [1.807, 2.05) is 0 Å². The molecule has 54 valence electrons. The van der Waals surface area contributed by atoms with Gasteiger partial charge < -0.3 is 4.57 Å². The highest BCUT2D eigenvalue weighted by Crippen LogP contribution is 2.16. The van der Waals surface area contributed by atoms with E-state index in [9.17, 15) is 0 Å². The van der Waals surface area contributed by atoms with Gasteiger partial charge in [-0.05, 0) is 25.9 Å². The average molecular weight is 143 g/mol. The molecule has 0 aromatic heterocycles. The van der Waals surface area contributed by atoms with Crippen LogP contribution in [0.2, 0.25) is 19.6 Å². The zero-order valence-corrected chi connectivity index (χ0v) is 7.78. The second-order valence-electron chi connectivity index (χ2n) is 3.86. The van der Waals surface area contributed by atoms with Crippen molar-refractivity contribution in [3.05, 3.63) is 0 Å². The van der Waals surface area contributed by atoms with Crippen LogP contribution >= 0.6 is 0 Å². The molecule has 1 heterocycles. The lowest BCUT2D eigenvalue weighted by molar-refractivity contribution is 0.524. The van der Waals surface area contributed by atoms with Gasteiger partial charge in [-0.25, -0.2) is 0 Å². The van der Waals surface area contributed by atoms with Crippen LogP contribution in [-0.2, 0) is 0 Å². The molecular weight excluding hydrogens is 126 g/mol. The number of hydrogen-bond donors (Lipinski definition) is 0. The first-order valence-corrected chi connectivity index (χ1v) is 7.30. The van der Waals surface area contributed by atoms with Crippen molar-refractivity contribution in [2.75, 3.05) is 13.1 Å². The largest absolute Gasteiger partial charge is 0.324 e. The van der Waals surface area contributed by atoms with Gasteiger partial charge in [-0.1, -0.05) is 19.6 Å². The predicted octanol–water partition coefficient (Wildman–Crippen LogP) is 1.92. The van der Waals surface area contributed by atoms with Gasteiger partial charge in [0.25, 0.3) is 0 Å². The molecule has 2 heteroatoms. The molecule has 0 unspecified atom stereocenters. The number of rotatable bonds is 1. The highest BCUT2D eigenvalue weighted by molar-refractivity contribution is 6.73. The molecule has 0 aromatic rings. The van der Waals surface area contributed by atoms with Gasteiger partial charge in [-0.3, -0.25) is 0 Å². The SMILES string of the molecule is C[Si](C)(C)N1CCCC1. The van der Waals surface area contributed by atoms with Gasteiger partial charge >= 0.3 is 0 Å². The van der Waals surface area contributed by atoms with Crippen LogP contribution in [-0.4, -0.2) is 25.9 Å². The van der Waals surface area contributed by atoms with E-state index in [0.717, 1.165) is 0 Å². The van der Waals surface area contributed by atoms with E-state index in [-0.39, 0.29) is 0 Å². The first kappa shape index (κ1) is 7.29. The summed E-state index contributed by atoms with van der Waals surface area (Å²) < 4.78 is 2.69. The third-order valence-corrected chi connectivity index (χ3v) is 4.40. The fraction of sp³-hybridized carbons (Fsp3) is 1.00. The van der Waals surface area contributed by atoms with Crippen LogP contribution in [0.4, 0.5) is 0 Å². The second kappa shape index (κ2) is 2.43. The summed E-state index contributed by atoms with van der Waals surface area (Å²) in [7, 11) is -0.891. The third kappa shape index (κ3) is 1.80. The minimum Gasteiger partial charge on any atom is -0.324 e. The van der Waals surface area contributed by atoms with Crippen molar-refractivity contribution in [1.29, 1.82) is 0 Å². The van der Waals surface area contributed by atoms with Gasteiger partial charge in [0.2, 0.25) is 0 Å². The Hall–Kier alpha value is 0.177. The minimum atomic E-state index is -0.891. The Morgan fingerprint density at radius 2 is 1.44 bits per heavy atom. The molecule has 0 saturated carbocycles. The molecular formula is C7H17NSi. The number of hydrogen-bond acceptors (Lipinski definition) is 1. The zero-order valence-electron chi connectivity index (χ0n) is 6.78. The Balaban J connectivity index is 2.42. The summed E-state index contributed by atoms with van der Waals surface area (Å²) >= 11 is 0. The average Bonchev–Trinajstić information content (AvgIpc) is 2.08. The fourth-order valence-electron chi connectivity index (χ4n) is 1.39. The van der Waals surface area contributed by atoms with Crippen molar-refractivity contribution in [3.8, 4) is 0 Å². The molecule has 1 nitrogen and oxygen atoms in total. The molecule has 1 aliphatic heterocycles. The van der Waals surface area contributed by atoms with E-state index in [4.69, 9.17) is 0 Å². The molecule has 0 aromatic carbocycles. The van der Waals surface area contributed by atoms with Gasteiger partial charge in [0, 0.05) is 0 Å². The highest BCUT2D eigenvalue weighted by atomic mass is 28.3. The van der Waals surface area contributed by atoms with E-state index in [0.29, 0.717) is 0 Å². The maximum Gasteiger partial charge on any atom is 0.119 e. The van der Waals surface area contributed by atoms with E-state index in [1.54, 1.807) is 0 Å². The van der Waals surface area contributed by atoms with Crippen LogP contribution in [0.1, 0.15) is 12.8 Å². The van der Waals surface area contributed by atoms with Crippen LogP contribution in [0.5, 0.6) is 0 Å². The first-order chi connectivity index (χ1) is 4.11. The Kier molecular flexibility index (Phi) is 1.96. The van der Waals surface area contributed by atoms with Crippen LogP contribution in [0.3, 0.4) is 0 Å². The smallest absolute Gasteiger partial charge is 0.119 e. The van der Waals surface area contributed by atoms with Crippen LogP contribution in [0, 0.1) is 0 Å². The van der Waals surface area contributed by atoms with Crippen LogP contribution in [0.15, 0.2) is 0 Å². The maximum absolute atomic E-state index is 2.69. The number of nitrogens with zero attached hydrogens (tertiary/aromatic N) is 1. The molecule has 0 N–H and O–H groups in total. The lowest BCUT2D eigenvalue weighted by Crippen LogP contribution is -2.43. The van der Waals surface area contributed by atoms with Crippen molar-refractivity contribution in [1.82, 2.24) is 4.57 Å². The Morgan fingerprint density at radius 1 is 1.00 bits per heavy atom. The molecule has 0 bridgehead atoms. The molecule has 0 amide bonds. The van der Waals surface area contributed by atoms with E-state index in [2.05, 4.69) is 24.2 Å². The van der Waals surface area contributed by atoms with Crippen molar-refractivity contribution >= 4 is 8.24 Å². The first-order valence-electron chi connectivity index (χ1n) is 3.86. The fourth-order valence-corrected chi connectivity index (χ4v) is 3.05. The second-order valence-corrected chi connectivity index (χ2v) is 8.84. The molecule has 1 fully saturated rings. The third-order valence-electron chi connectivity index (χ3n) is 2.05. The zero-order chi connectivity index (χ0) is 6.91. The van der Waals surface area contributed by atoms with Crippen LogP contribution < -0.4 is 0 Å². The van der Waals surface area contributed by atoms with Gasteiger partial charge in [0.05, 0.1) is 0 Å². The molecule has 0 radical (unpaired) electrons. The monoisotopic (exact) mass is 143 g/mol. The van der Waals surface area contributed by atoms with E-state index < -0.39 is 8.24 Å². The van der Waals surface area contributed by atoms with Crippen molar-refractivity contribution < 1.29 is 0 Å². The molecule has 1 rings (SSSR count). The van der Waals surface area contributed by atoms with Gasteiger partial charge in [0.15, 0.2) is 0 Å². The quantitative estimate of drug-likeness (QED) is 0.507. The van der Waals surface area contributed by atoms with E-state index in [1.165, 1.54) is 25.9 Å². The predicted molar refractivity (Wildman–Crippen MR) is 44.2 cm³/mol. The summed E-state index contributed by atoms with van der Waals surface area (Å²) in [5.74, 6) is 0. The van der Waals surface area contributed by atoms with Crippen LogP contribution in [0.25, 0.3) is 0 Å². The molecule has 1 aliphatic rings. The van der Waals surface area contributed by atoms with E-state index >= 15 is 0 Å². The van der Waals surface area contributed by atoms with Gasteiger partial charge in [-0.2, -0.15) is 0 Å². The molecule has 0 atom stereocenters. The summed E-state index contributed by atoms with van der Waals surface area (Å²) in [5.41, 5.74) is 0. The summed E-state index contributed by atoms with van der Waals surface area (Å²) in [6.45, 7) is 10.0. The molecule has 9 heavy (non-hydrogen) atoms. The Morgan fingerprint density at radius 3 is 1.67 bits per heavy atom. The lowest BCUT2D eigenvalue weighted by atomic mass is 10.4. The topological polar surface area (TPSA) is 3.24 Å². The maximum atomic E-state index is 2.69.